The van der Waals surface area contributed by atoms with Crippen molar-refractivity contribution in [2.24, 2.45) is 5.41 Å². The first-order valence-electron chi connectivity index (χ1n) is 8.70. The first-order chi connectivity index (χ1) is 9.23. The average Bonchev–Trinajstić information content (AvgIpc) is 2.49. The molecule has 0 aromatic rings. The van der Waals surface area contributed by atoms with Crippen molar-refractivity contribution >= 4 is 0 Å². The molecule has 0 radical (unpaired) electrons. The molecular weight excluding hydrogens is 232 g/mol. The Morgan fingerprint density at radius 1 is 0.947 bits per heavy atom. The molecule has 0 amide bonds. The summed E-state index contributed by atoms with van der Waals surface area (Å²) in [5.41, 5.74) is 0.678. The summed E-state index contributed by atoms with van der Waals surface area (Å²) in [4.78, 5) is 2.81. The number of nitrogens with zero attached hydrogens (tertiary/aromatic N) is 1. The van der Waals surface area contributed by atoms with E-state index in [2.05, 4.69) is 31.0 Å². The summed E-state index contributed by atoms with van der Waals surface area (Å²) in [6, 6.07) is 1.69. The fourth-order valence-electron chi connectivity index (χ4n) is 4.25. The minimum atomic E-state index is 0.678. The molecule has 0 unspecified atom stereocenters. The van der Waals surface area contributed by atoms with E-state index in [1.54, 1.807) is 0 Å². The second-order valence-electron chi connectivity index (χ2n) is 6.81. The van der Waals surface area contributed by atoms with Gasteiger partial charge in [0.05, 0.1) is 0 Å². The molecule has 0 aromatic carbocycles. The molecule has 2 nitrogen and oxygen atoms in total. The summed E-state index contributed by atoms with van der Waals surface area (Å²) in [6.07, 6.45) is 11.3. The van der Waals surface area contributed by atoms with Gasteiger partial charge in [-0.3, -0.25) is 0 Å². The average molecular weight is 266 g/mol. The van der Waals surface area contributed by atoms with Crippen LogP contribution in [-0.4, -0.2) is 36.6 Å². The van der Waals surface area contributed by atoms with E-state index in [0.717, 1.165) is 18.6 Å². The van der Waals surface area contributed by atoms with Crippen LogP contribution in [0.4, 0.5) is 0 Å². The molecule has 1 saturated heterocycles. The zero-order chi connectivity index (χ0) is 13.7. The Hall–Kier alpha value is -0.0800. The zero-order valence-corrected chi connectivity index (χ0v) is 13.4. The van der Waals surface area contributed by atoms with E-state index in [1.165, 1.54) is 64.5 Å². The van der Waals surface area contributed by atoms with Gasteiger partial charge in [0.25, 0.3) is 0 Å². The third-order valence-electron chi connectivity index (χ3n) is 6.06. The zero-order valence-electron chi connectivity index (χ0n) is 13.4. The minimum Gasteiger partial charge on any atom is -0.314 e. The van der Waals surface area contributed by atoms with Gasteiger partial charge in [-0.15, -0.1) is 0 Å². The molecule has 2 rings (SSSR count). The van der Waals surface area contributed by atoms with E-state index in [9.17, 15) is 0 Å². The van der Waals surface area contributed by atoms with Gasteiger partial charge in [0.2, 0.25) is 0 Å². The van der Waals surface area contributed by atoms with E-state index in [0.29, 0.717) is 5.41 Å². The monoisotopic (exact) mass is 266 g/mol. The lowest BCUT2D eigenvalue weighted by Crippen LogP contribution is -2.47. The van der Waals surface area contributed by atoms with Crippen molar-refractivity contribution in [2.75, 3.05) is 19.6 Å². The van der Waals surface area contributed by atoms with Gasteiger partial charge >= 0.3 is 0 Å². The van der Waals surface area contributed by atoms with E-state index in [-0.39, 0.29) is 0 Å². The lowest BCUT2D eigenvalue weighted by Gasteiger charge is -2.45. The van der Waals surface area contributed by atoms with Crippen molar-refractivity contribution in [3.8, 4) is 0 Å². The molecule has 2 aliphatic rings. The second kappa shape index (κ2) is 7.08. The van der Waals surface area contributed by atoms with Gasteiger partial charge in [-0.1, -0.05) is 33.6 Å². The number of piperidine rings is 1. The van der Waals surface area contributed by atoms with Crippen molar-refractivity contribution in [1.82, 2.24) is 10.2 Å². The minimum absolute atomic E-state index is 0.678. The fraction of sp³-hybridized carbons (Fsp3) is 1.00. The predicted molar refractivity (Wildman–Crippen MR) is 83.5 cm³/mol. The lowest BCUT2D eigenvalue weighted by molar-refractivity contribution is 0.0497. The van der Waals surface area contributed by atoms with E-state index in [4.69, 9.17) is 0 Å². The number of hydrogen-bond acceptors (Lipinski definition) is 2. The highest BCUT2D eigenvalue weighted by Gasteiger charge is 2.34. The number of rotatable bonds is 5. The van der Waals surface area contributed by atoms with Crippen LogP contribution in [0.3, 0.4) is 0 Å². The largest absolute Gasteiger partial charge is 0.314 e. The molecule has 1 aliphatic heterocycles. The Bertz CT molecular complexity index is 242. The van der Waals surface area contributed by atoms with Crippen LogP contribution in [0, 0.1) is 5.41 Å². The topological polar surface area (TPSA) is 15.3 Å². The second-order valence-corrected chi connectivity index (χ2v) is 6.81. The molecule has 2 fully saturated rings. The van der Waals surface area contributed by atoms with Gasteiger partial charge in [0.15, 0.2) is 0 Å². The first kappa shape index (κ1) is 15.3. The van der Waals surface area contributed by atoms with Gasteiger partial charge in [0.1, 0.15) is 0 Å². The molecule has 1 heterocycles. The van der Waals surface area contributed by atoms with Crippen molar-refractivity contribution in [3.05, 3.63) is 0 Å². The Balaban J connectivity index is 1.76. The van der Waals surface area contributed by atoms with Gasteiger partial charge < -0.3 is 10.2 Å². The van der Waals surface area contributed by atoms with Crippen LogP contribution in [-0.2, 0) is 0 Å². The molecule has 19 heavy (non-hydrogen) atoms. The lowest BCUT2D eigenvalue weighted by atomic mass is 9.73. The van der Waals surface area contributed by atoms with E-state index in [1.807, 2.05) is 0 Å². The van der Waals surface area contributed by atoms with E-state index >= 15 is 0 Å². The standard InChI is InChI=1S/C17H34N2/c1-4-17(5-2)11-13-19(14-12-17)16-9-7-15(8-10-16)18-6-3/h15-16,18H,4-14H2,1-3H3. The summed E-state index contributed by atoms with van der Waals surface area (Å²) in [7, 11) is 0. The Morgan fingerprint density at radius 2 is 1.53 bits per heavy atom. The summed E-state index contributed by atoms with van der Waals surface area (Å²) in [5, 5.41) is 3.62. The van der Waals surface area contributed by atoms with Crippen LogP contribution in [0.2, 0.25) is 0 Å². The van der Waals surface area contributed by atoms with E-state index < -0.39 is 0 Å². The van der Waals surface area contributed by atoms with Crippen LogP contribution >= 0.6 is 0 Å². The third-order valence-corrected chi connectivity index (χ3v) is 6.06. The first-order valence-corrected chi connectivity index (χ1v) is 8.70. The highest BCUT2D eigenvalue weighted by atomic mass is 15.2. The van der Waals surface area contributed by atoms with Crippen LogP contribution in [0.15, 0.2) is 0 Å². The number of likely N-dealkylation sites (tertiary alicyclic amines) is 1. The Kier molecular flexibility index (Phi) is 5.70. The maximum absolute atomic E-state index is 3.62. The molecule has 0 spiro atoms. The van der Waals surface area contributed by atoms with Crippen LogP contribution in [0.5, 0.6) is 0 Å². The molecule has 0 atom stereocenters. The maximum atomic E-state index is 3.62. The number of hydrogen-bond donors (Lipinski definition) is 1. The molecule has 2 heteroatoms. The summed E-state index contributed by atoms with van der Waals surface area (Å²) >= 11 is 0. The molecule has 0 bridgehead atoms. The summed E-state index contributed by atoms with van der Waals surface area (Å²) in [6.45, 7) is 10.9. The van der Waals surface area contributed by atoms with Crippen molar-refractivity contribution in [1.29, 1.82) is 0 Å². The third kappa shape index (κ3) is 3.72. The summed E-state index contributed by atoms with van der Waals surface area (Å²) < 4.78 is 0. The normalized spacial score (nSPS) is 32.4. The highest BCUT2D eigenvalue weighted by Crippen LogP contribution is 2.39. The Labute approximate surface area is 120 Å². The molecule has 1 saturated carbocycles. The van der Waals surface area contributed by atoms with Crippen LogP contribution < -0.4 is 5.32 Å². The molecule has 1 N–H and O–H groups in total. The maximum Gasteiger partial charge on any atom is 0.00964 e. The fourth-order valence-corrected chi connectivity index (χ4v) is 4.25. The van der Waals surface area contributed by atoms with Crippen molar-refractivity contribution in [3.63, 3.8) is 0 Å². The summed E-state index contributed by atoms with van der Waals surface area (Å²) in [5.74, 6) is 0. The SMILES string of the molecule is CCNC1CCC(N2CCC(CC)(CC)CC2)CC1. The Morgan fingerprint density at radius 3 is 2.00 bits per heavy atom. The van der Waals surface area contributed by atoms with Crippen LogP contribution in [0.25, 0.3) is 0 Å². The van der Waals surface area contributed by atoms with Crippen molar-refractivity contribution < 1.29 is 0 Å². The number of nitrogens with one attached hydrogen (secondary N) is 1. The quantitative estimate of drug-likeness (QED) is 0.814. The van der Waals surface area contributed by atoms with Gasteiger partial charge in [-0.05, 0) is 63.6 Å². The van der Waals surface area contributed by atoms with Crippen molar-refractivity contribution in [2.45, 2.75) is 84.2 Å². The van der Waals surface area contributed by atoms with Crippen LogP contribution in [0.1, 0.15) is 72.1 Å². The predicted octanol–water partition coefficient (Wildman–Crippen LogP) is 3.81. The van der Waals surface area contributed by atoms with Gasteiger partial charge in [-0.25, -0.2) is 0 Å². The molecule has 112 valence electrons. The van der Waals surface area contributed by atoms with Gasteiger partial charge in [0, 0.05) is 12.1 Å². The molecular formula is C17H34N2. The molecule has 0 aromatic heterocycles. The molecule has 1 aliphatic carbocycles. The highest BCUT2D eigenvalue weighted by molar-refractivity contribution is 4.89. The van der Waals surface area contributed by atoms with Gasteiger partial charge in [-0.2, -0.15) is 0 Å². The smallest absolute Gasteiger partial charge is 0.00964 e.